The van der Waals surface area contributed by atoms with Crippen LogP contribution in [0.2, 0.25) is 10.0 Å². The molecule has 2 saturated heterocycles. The lowest BCUT2D eigenvalue weighted by Crippen LogP contribution is -2.39. The molecule has 2 fully saturated rings. The number of hydrogen-bond donors (Lipinski definition) is 2. The summed E-state index contributed by atoms with van der Waals surface area (Å²) in [4.78, 5) is 34.9. The molecule has 10 nitrogen and oxygen atoms in total. The lowest BCUT2D eigenvalue weighted by atomic mass is 10.2. The van der Waals surface area contributed by atoms with Crippen molar-refractivity contribution in [2.24, 2.45) is 0 Å². The summed E-state index contributed by atoms with van der Waals surface area (Å²) in [7, 11) is 0. The molecule has 1 aromatic carbocycles. The highest BCUT2D eigenvalue weighted by Gasteiger charge is 2.24. The number of rotatable bonds is 5. The molecule has 4 heterocycles. The summed E-state index contributed by atoms with van der Waals surface area (Å²) in [5.74, 6) is -1.39. The maximum Gasteiger partial charge on any atom is 0.301 e. The molecule has 190 valence electrons. The van der Waals surface area contributed by atoms with Crippen LogP contribution >= 0.6 is 23.2 Å². The summed E-state index contributed by atoms with van der Waals surface area (Å²) in [5, 5.41) is 14.1. The number of anilines is 2. The van der Waals surface area contributed by atoms with Crippen LogP contribution in [0.1, 0.15) is 16.1 Å². The van der Waals surface area contributed by atoms with Gasteiger partial charge in [-0.3, -0.25) is 14.0 Å². The molecule has 0 saturated carbocycles. The van der Waals surface area contributed by atoms with Gasteiger partial charge in [-0.2, -0.15) is 0 Å². The number of pyridine rings is 1. The molecular weight excluding hydrogens is 509 g/mol. The monoisotopic (exact) mass is 533 g/mol. The number of nitrogens with zero attached hydrogens (tertiary/aromatic N) is 4. The van der Waals surface area contributed by atoms with Crippen LogP contribution < -0.4 is 20.7 Å². The normalized spacial score (nSPS) is 16.4. The van der Waals surface area contributed by atoms with Gasteiger partial charge in [0.2, 0.25) is 5.75 Å². The van der Waals surface area contributed by atoms with Crippen LogP contribution in [-0.2, 0) is 16.0 Å². The fourth-order valence-corrected chi connectivity index (χ4v) is 4.63. The number of halogens is 2. The topological polar surface area (TPSA) is 109 Å². The molecule has 3 aromatic rings. The third-order valence-electron chi connectivity index (χ3n) is 6.25. The van der Waals surface area contributed by atoms with Crippen LogP contribution in [0.25, 0.3) is 5.65 Å². The first kappa shape index (κ1) is 24.6. The average molecular weight is 534 g/mol. The predicted octanol–water partition coefficient (Wildman–Crippen LogP) is 2.31. The Morgan fingerprint density at radius 2 is 1.67 bits per heavy atom. The Hall–Kier alpha value is -3.05. The number of benzene rings is 1. The van der Waals surface area contributed by atoms with Gasteiger partial charge in [0.15, 0.2) is 11.3 Å². The van der Waals surface area contributed by atoms with Gasteiger partial charge in [-0.15, -0.1) is 0 Å². The lowest BCUT2D eigenvalue weighted by molar-refractivity contribution is 0.0942. The van der Waals surface area contributed by atoms with Crippen LogP contribution in [0.4, 0.5) is 11.4 Å². The molecule has 1 amide bonds. The average Bonchev–Trinajstić information content (AvgIpc) is 2.91. The van der Waals surface area contributed by atoms with E-state index in [0.717, 1.165) is 5.69 Å². The summed E-state index contributed by atoms with van der Waals surface area (Å²) in [6.07, 6.45) is 1.65. The molecule has 0 atom stereocenters. The summed E-state index contributed by atoms with van der Waals surface area (Å²) < 4.78 is 12.3. The van der Waals surface area contributed by atoms with E-state index in [2.05, 4.69) is 20.1 Å². The van der Waals surface area contributed by atoms with Crippen LogP contribution in [0.3, 0.4) is 0 Å². The van der Waals surface area contributed by atoms with Crippen molar-refractivity contribution in [3.63, 3.8) is 0 Å². The van der Waals surface area contributed by atoms with E-state index in [4.69, 9.17) is 32.7 Å². The molecule has 0 radical (unpaired) electrons. The molecule has 2 N–H and O–H groups in total. The number of hydrogen-bond acceptors (Lipinski definition) is 8. The number of aromatic nitrogens is 2. The van der Waals surface area contributed by atoms with Crippen LogP contribution in [-0.4, -0.2) is 73.0 Å². The quantitative estimate of drug-likeness (QED) is 0.514. The van der Waals surface area contributed by atoms with E-state index in [1.54, 1.807) is 24.4 Å². The van der Waals surface area contributed by atoms with Crippen molar-refractivity contribution in [1.82, 2.24) is 14.7 Å². The van der Waals surface area contributed by atoms with Crippen LogP contribution in [0.5, 0.6) is 5.75 Å². The Labute approximate surface area is 216 Å². The Bertz CT molecular complexity index is 1350. The van der Waals surface area contributed by atoms with Gasteiger partial charge in [0.25, 0.3) is 5.91 Å². The van der Waals surface area contributed by atoms with Crippen molar-refractivity contribution >= 4 is 46.1 Å². The number of carbonyl (C=O) groups excluding carboxylic acids is 1. The standard InChI is InChI=1S/C24H25Cl2N5O5/c25-17-2-1-15(11-18(17)26)13-27-23(33)20-21(32)24(34)31-14-16(29-3-7-35-8-4-29)12-19(22(31)28-20)30-5-9-36-10-6-30/h1-2,11-12,14,32H,3-10,13H2,(H,27,33). The van der Waals surface area contributed by atoms with E-state index in [-0.39, 0.29) is 17.9 Å². The van der Waals surface area contributed by atoms with Crippen molar-refractivity contribution in [1.29, 1.82) is 0 Å². The van der Waals surface area contributed by atoms with Gasteiger partial charge in [-0.25, -0.2) is 4.98 Å². The molecule has 0 spiro atoms. The molecule has 0 aliphatic carbocycles. The molecule has 2 aromatic heterocycles. The third-order valence-corrected chi connectivity index (χ3v) is 6.99. The second-order valence-electron chi connectivity index (χ2n) is 8.52. The van der Waals surface area contributed by atoms with Crippen molar-refractivity contribution in [2.45, 2.75) is 6.54 Å². The van der Waals surface area contributed by atoms with Gasteiger partial charge in [0.1, 0.15) is 0 Å². The number of carbonyl (C=O) groups is 1. The second kappa shape index (κ2) is 10.5. The first-order valence-electron chi connectivity index (χ1n) is 11.6. The Kier molecular flexibility index (Phi) is 7.20. The highest BCUT2D eigenvalue weighted by atomic mass is 35.5. The van der Waals surface area contributed by atoms with E-state index >= 15 is 0 Å². The third kappa shape index (κ3) is 4.94. The van der Waals surface area contributed by atoms with Crippen LogP contribution in [0, 0.1) is 0 Å². The Morgan fingerprint density at radius 3 is 2.33 bits per heavy atom. The summed E-state index contributed by atoms with van der Waals surface area (Å²) in [6.45, 7) is 4.93. The van der Waals surface area contributed by atoms with E-state index in [1.807, 2.05) is 6.07 Å². The van der Waals surface area contributed by atoms with Gasteiger partial charge in [-0.05, 0) is 23.8 Å². The van der Waals surface area contributed by atoms with Gasteiger partial charge in [0, 0.05) is 38.9 Å². The summed E-state index contributed by atoms with van der Waals surface area (Å²) >= 11 is 12.0. The smallest absolute Gasteiger partial charge is 0.301 e. The zero-order valence-electron chi connectivity index (χ0n) is 19.4. The molecule has 36 heavy (non-hydrogen) atoms. The van der Waals surface area contributed by atoms with E-state index in [1.165, 1.54) is 4.40 Å². The zero-order chi connectivity index (χ0) is 25.2. The first-order valence-corrected chi connectivity index (χ1v) is 12.3. The number of fused-ring (bicyclic) bond motifs is 1. The highest BCUT2D eigenvalue weighted by Crippen LogP contribution is 2.29. The van der Waals surface area contributed by atoms with Gasteiger partial charge in [0.05, 0.1) is 47.8 Å². The number of amides is 1. The van der Waals surface area contributed by atoms with Gasteiger partial charge in [-0.1, -0.05) is 29.3 Å². The van der Waals surface area contributed by atoms with Crippen molar-refractivity contribution in [3.05, 3.63) is 62.1 Å². The summed E-state index contributed by atoms with van der Waals surface area (Å²) in [5.41, 5.74) is 1.44. The number of nitrogens with one attached hydrogen (secondary N) is 1. The SMILES string of the molecule is O=C(NCc1ccc(Cl)c(Cl)c1)c1nc2c(N3CCOCC3)cc(N3CCOCC3)cn2c(=O)c1O. The maximum absolute atomic E-state index is 13.3. The molecule has 0 unspecified atom stereocenters. The number of morpholine rings is 2. The molecule has 0 bridgehead atoms. The zero-order valence-corrected chi connectivity index (χ0v) is 20.9. The van der Waals surface area contributed by atoms with Gasteiger partial charge >= 0.3 is 5.56 Å². The largest absolute Gasteiger partial charge is 0.501 e. The molecule has 2 aliphatic heterocycles. The minimum absolute atomic E-state index is 0.114. The number of aromatic hydroxyl groups is 1. The van der Waals surface area contributed by atoms with E-state index in [0.29, 0.717) is 73.9 Å². The summed E-state index contributed by atoms with van der Waals surface area (Å²) in [6, 6.07) is 6.95. The van der Waals surface area contributed by atoms with E-state index in [9.17, 15) is 14.7 Å². The minimum Gasteiger partial charge on any atom is -0.501 e. The van der Waals surface area contributed by atoms with Gasteiger partial charge < -0.3 is 29.7 Å². The first-order chi connectivity index (χ1) is 17.4. The fraction of sp³-hybridized carbons (Fsp3) is 0.375. The number of ether oxygens (including phenoxy) is 2. The molecular formula is C24H25Cl2N5O5. The lowest BCUT2D eigenvalue weighted by Gasteiger charge is -2.33. The Balaban J connectivity index is 1.53. The Morgan fingerprint density at radius 1 is 1.00 bits per heavy atom. The molecule has 2 aliphatic rings. The van der Waals surface area contributed by atoms with Crippen LogP contribution in [0.15, 0.2) is 35.3 Å². The molecule has 12 heteroatoms. The van der Waals surface area contributed by atoms with Crippen molar-refractivity contribution < 1.29 is 19.4 Å². The second-order valence-corrected chi connectivity index (χ2v) is 9.34. The predicted molar refractivity (Wildman–Crippen MR) is 137 cm³/mol. The fourth-order valence-electron chi connectivity index (χ4n) is 4.30. The highest BCUT2D eigenvalue weighted by molar-refractivity contribution is 6.42. The van der Waals surface area contributed by atoms with Crippen molar-refractivity contribution in [3.8, 4) is 5.75 Å². The van der Waals surface area contributed by atoms with E-state index < -0.39 is 17.2 Å². The maximum atomic E-state index is 13.3. The minimum atomic E-state index is -0.718. The van der Waals surface area contributed by atoms with Crippen molar-refractivity contribution in [2.75, 3.05) is 62.4 Å². The molecule has 5 rings (SSSR count).